The van der Waals surface area contributed by atoms with Gasteiger partial charge in [0.15, 0.2) is 0 Å². The predicted octanol–water partition coefficient (Wildman–Crippen LogP) is 2.67. The van der Waals surface area contributed by atoms with Gasteiger partial charge in [0.25, 0.3) is 6.43 Å². The number of ether oxygens (including phenoxy) is 1. The molecule has 1 fully saturated rings. The molecule has 1 amide bonds. The first-order valence-electron chi connectivity index (χ1n) is 6.36. The summed E-state index contributed by atoms with van der Waals surface area (Å²) in [4.78, 5) is 13.8. The van der Waals surface area contributed by atoms with E-state index in [4.69, 9.17) is 16.3 Å². The number of carbonyl (C=O) groups is 1. The van der Waals surface area contributed by atoms with Crippen LogP contribution in [0, 0.1) is 0 Å². The van der Waals surface area contributed by atoms with Gasteiger partial charge >= 0.3 is 0 Å². The normalized spacial score (nSPS) is 15.8. The summed E-state index contributed by atoms with van der Waals surface area (Å²) in [6.07, 6.45) is 1.68. The molecule has 0 heterocycles. The quantitative estimate of drug-likeness (QED) is 0.481. The molecule has 18 heavy (non-hydrogen) atoms. The number of nitrogens with zero attached hydrogens (tertiary/aromatic N) is 1. The largest absolute Gasteiger partial charge is 0.375 e. The second-order valence-corrected chi connectivity index (χ2v) is 4.81. The van der Waals surface area contributed by atoms with Gasteiger partial charge in [0.05, 0.1) is 13.0 Å². The molecule has 0 saturated heterocycles. The van der Waals surface area contributed by atoms with Crippen LogP contribution in [0.5, 0.6) is 0 Å². The summed E-state index contributed by atoms with van der Waals surface area (Å²) in [6.45, 7) is 0.119. The molecule has 0 aromatic carbocycles. The zero-order valence-corrected chi connectivity index (χ0v) is 11.2. The second kappa shape index (κ2) is 8.64. The fourth-order valence-electron chi connectivity index (χ4n) is 1.91. The lowest BCUT2D eigenvalue weighted by molar-refractivity contribution is -0.136. The first-order valence-corrected chi connectivity index (χ1v) is 6.90. The smallest absolute Gasteiger partial charge is 0.261 e. The summed E-state index contributed by atoms with van der Waals surface area (Å²) in [7, 11) is 0. The van der Waals surface area contributed by atoms with Crippen LogP contribution in [0.4, 0.5) is 8.78 Å². The number of halogens is 3. The van der Waals surface area contributed by atoms with Crippen LogP contribution in [-0.2, 0) is 9.53 Å². The number of rotatable bonds is 9. The zero-order chi connectivity index (χ0) is 13.4. The first-order chi connectivity index (χ1) is 8.65. The molecule has 0 atom stereocenters. The SMILES string of the molecule is O=C(CCOCC(F)F)N(CCCCl)C1CCC1. The fourth-order valence-corrected chi connectivity index (χ4v) is 2.03. The Morgan fingerprint density at radius 2 is 2.17 bits per heavy atom. The number of hydrogen-bond acceptors (Lipinski definition) is 2. The van der Waals surface area contributed by atoms with E-state index in [1.165, 1.54) is 0 Å². The van der Waals surface area contributed by atoms with E-state index in [0.717, 1.165) is 25.7 Å². The number of alkyl halides is 3. The number of hydrogen-bond donors (Lipinski definition) is 0. The van der Waals surface area contributed by atoms with Gasteiger partial charge in [-0.2, -0.15) is 0 Å². The Kier molecular flexibility index (Phi) is 7.51. The maximum absolute atomic E-state index is 11.9. The average Bonchev–Trinajstić information content (AvgIpc) is 2.26. The molecule has 0 aromatic rings. The van der Waals surface area contributed by atoms with Crippen LogP contribution < -0.4 is 0 Å². The third-order valence-electron chi connectivity index (χ3n) is 3.07. The van der Waals surface area contributed by atoms with Crippen molar-refractivity contribution in [2.24, 2.45) is 0 Å². The lowest BCUT2D eigenvalue weighted by Gasteiger charge is -2.37. The van der Waals surface area contributed by atoms with Crippen molar-refractivity contribution in [3.8, 4) is 0 Å². The molecule has 0 spiro atoms. The number of carbonyl (C=O) groups excluding carboxylic acids is 1. The molecule has 0 N–H and O–H groups in total. The van der Waals surface area contributed by atoms with Crippen molar-refractivity contribution in [2.45, 2.75) is 44.6 Å². The molecule has 1 rings (SSSR count). The highest BCUT2D eigenvalue weighted by Gasteiger charge is 2.27. The van der Waals surface area contributed by atoms with Crippen molar-refractivity contribution in [3.63, 3.8) is 0 Å². The van der Waals surface area contributed by atoms with Gasteiger partial charge in [-0.1, -0.05) is 0 Å². The molecule has 0 radical (unpaired) electrons. The maximum atomic E-state index is 11.9. The molecule has 0 aromatic heterocycles. The maximum Gasteiger partial charge on any atom is 0.261 e. The minimum atomic E-state index is -2.47. The van der Waals surface area contributed by atoms with Crippen LogP contribution in [0.3, 0.4) is 0 Å². The average molecular weight is 284 g/mol. The Morgan fingerprint density at radius 1 is 1.44 bits per heavy atom. The van der Waals surface area contributed by atoms with Gasteiger partial charge in [0, 0.05) is 18.5 Å². The summed E-state index contributed by atoms with van der Waals surface area (Å²) < 4.78 is 28.4. The summed E-state index contributed by atoms with van der Waals surface area (Å²) in [6, 6.07) is 0.316. The highest BCUT2D eigenvalue weighted by Crippen LogP contribution is 2.25. The highest BCUT2D eigenvalue weighted by molar-refractivity contribution is 6.17. The van der Waals surface area contributed by atoms with Crippen molar-refractivity contribution < 1.29 is 18.3 Å². The molecule has 1 saturated carbocycles. The van der Waals surface area contributed by atoms with Crippen molar-refractivity contribution in [3.05, 3.63) is 0 Å². The highest BCUT2D eigenvalue weighted by atomic mass is 35.5. The first kappa shape index (κ1) is 15.6. The molecular formula is C12H20ClF2NO2. The minimum Gasteiger partial charge on any atom is -0.375 e. The molecule has 3 nitrogen and oxygen atoms in total. The van der Waals surface area contributed by atoms with Crippen LogP contribution in [0.2, 0.25) is 0 Å². The van der Waals surface area contributed by atoms with Crippen LogP contribution in [0.25, 0.3) is 0 Å². The fraction of sp³-hybridized carbons (Fsp3) is 0.917. The Hall–Kier alpha value is -0.420. The molecule has 0 aliphatic heterocycles. The Morgan fingerprint density at radius 3 is 2.67 bits per heavy atom. The van der Waals surface area contributed by atoms with Crippen molar-refractivity contribution in [1.29, 1.82) is 0 Å². The van der Waals surface area contributed by atoms with Crippen LogP contribution in [0.1, 0.15) is 32.1 Å². The van der Waals surface area contributed by atoms with Gasteiger partial charge in [-0.05, 0) is 25.7 Å². The lowest BCUT2D eigenvalue weighted by Crippen LogP contribution is -2.45. The molecule has 0 unspecified atom stereocenters. The van der Waals surface area contributed by atoms with E-state index in [-0.39, 0.29) is 18.9 Å². The molecule has 0 bridgehead atoms. The topological polar surface area (TPSA) is 29.5 Å². The zero-order valence-electron chi connectivity index (χ0n) is 10.4. The van der Waals surface area contributed by atoms with E-state index in [2.05, 4.69) is 0 Å². The summed E-state index contributed by atoms with van der Waals surface area (Å²) in [5.41, 5.74) is 0. The lowest BCUT2D eigenvalue weighted by atomic mass is 9.91. The van der Waals surface area contributed by atoms with E-state index in [9.17, 15) is 13.6 Å². The van der Waals surface area contributed by atoms with E-state index in [1.807, 2.05) is 4.90 Å². The van der Waals surface area contributed by atoms with Crippen LogP contribution in [0.15, 0.2) is 0 Å². The van der Waals surface area contributed by atoms with E-state index in [1.54, 1.807) is 0 Å². The van der Waals surface area contributed by atoms with E-state index >= 15 is 0 Å². The molecule has 106 valence electrons. The number of amides is 1. The van der Waals surface area contributed by atoms with Crippen LogP contribution in [-0.4, -0.2) is 48.9 Å². The summed E-state index contributed by atoms with van der Waals surface area (Å²) in [5.74, 6) is 0.511. The predicted molar refractivity (Wildman–Crippen MR) is 66.1 cm³/mol. The third-order valence-corrected chi connectivity index (χ3v) is 3.34. The molecule has 1 aliphatic rings. The monoisotopic (exact) mass is 283 g/mol. The second-order valence-electron chi connectivity index (χ2n) is 4.43. The van der Waals surface area contributed by atoms with E-state index in [0.29, 0.717) is 18.5 Å². The Balaban J connectivity index is 2.25. The molecule has 1 aliphatic carbocycles. The minimum absolute atomic E-state index is 0.0147. The van der Waals surface area contributed by atoms with Gasteiger partial charge in [-0.25, -0.2) is 8.78 Å². The molecular weight excluding hydrogens is 264 g/mol. The van der Waals surface area contributed by atoms with Gasteiger partial charge in [0.1, 0.15) is 6.61 Å². The Labute approximate surface area is 111 Å². The van der Waals surface area contributed by atoms with Crippen LogP contribution >= 0.6 is 11.6 Å². The van der Waals surface area contributed by atoms with Gasteiger partial charge < -0.3 is 9.64 Å². The summed E-state index contributed by atoms with van der Waals surface area (Å²) >= 11 is 5.63. The van der Waals surface area contributed by atoms with Crippen molar-refractivity contribution in [1.82, 2.24) is 4.90 Å². The van der Waals surface area contributed by atoms with E-state index < -0.39 is 13.0 Å². The van der Waals surface area contributed by atoms with Gasteiger partial charge in [-0.3, -0.25) is 4.79 Å². The standard InChI is InChI=1S/C12H20ClF2NO2/c13-6-2-7-16(10-3-1-4-10)12(17)5-8-18-9-11(14)15/h10-11H,1-9H2. The Bertz CT molecular complexity index is 250. The van der Waals surface area contributed by atoms with Gasteiger partial charge in [0.2, 0.25) is 5.91 Å². The van der Waals surface area contributed by atoms with Crippen molar-refractivity contribution >= 4 is 17.5 Å². The molecule has 6 heteroatoms. The van der Waals surface area contributed by atoms with Crippen molar-refractivity contribution in [2.75, 3.05) is 25.6 Å². The third kappa shape index (κ3) is 5.48. The van der Waals surface area contributed by atoms with Gasteiger partial charge in [-0.15, -0.1) is 11.6 Å². The summed E-state index contributed by atoms with van der Waals surface area (Å²) in [5, 5.41) is 0.